The van der Waals surface area contributed by atoms with Crippen molar-refractivity contribution in [2.24, 2.45) is 5.73 Å². The lowest BCUT2D eigenvalue weighted by Gasteiger charge is -2.26. The predicted molar refractivity (Wildman–Crippen MR) is 65.1 cm³/mol. The van der Waals surface area contributed by atoms with Crippen molar-refractivity contribution >= 4 is 5.69 Å². The molecule has 0 radical (unpaired) electrons. The smallest absolute Gasteiger partial charge is 0.0416 e. The summed E-state index contributed by atoms with van der Waals surface area (Å²) < 4.78 is 0. The molecule has 2 rings (SSSR count). The number of nitrogens with zero attached hydrogens (tertiary/aromatic N) is 1. The van der Waals surface area contributed by atoms with Gasteiger partial charge in [-0.15, -0.1) is 0 Å². The fraction of sp³-hybridized carbons (Fsp3) is 0.538. The van der Waals surface area contributed by atoms with Gasteiger partial charge in [-0.1, -0.05) is 18.2 Å². The highest BCUT2D eigenvalue weighted by atomic mass is 15.2. The molecule has 0 aromatic heterocycles. The van der Waals surface area contributed by atoms with Gasteiger partial charge in [-0.2, -0.15) is 0 Å². The van der Waals surface area contributed by atoms with Crippen LogP contribution in [0.5, 0.6) is 0 Å². The average molecular weight is 204 g/mol. The normalized spacial score (nSPS) is 17.5. The van der Waals surface area contributed by atoms with Crippen LogP contribution in [0.2, 0.25) is 0 Å². The SMILES string of the molecule is CCN(c1ccccc1[C@H](C)N)C1CC1. The van der Waals surface area contributed by atoms with Crippen molar-refractivity contribution in [2.45, 2.75) is 38.8 Å². The molecule has 0 heterocycles. The molecule has 0 amide bonds. The monoisotopic (exact) mass is 204 g/mol. The Balaban J connectivity index is 2.31. The minimum Gasteiger partial charge on any atom is -0.369 e. The highest BCUT2D eigenvalue weighted by molar-refractivity contribution is 5.56. The topological polar surface area (TPSA) is 29.3 Å². The van der Waals surface area contributed by atoms with Gasteiger partial charge in [0.15, 0.2) is 0 Å². The van der Waals surface area contributed by atoms with E-state index in [1.165, 1.54) is 24.1 Å². The molecular weight excluding hydrogens is 184 g/mol. The molecule has 1 aliphatic carbocycles. The van der Waals surface area contributed by atoms with Gasteiger partial charge in [-0.25, -0.2) is 0 Å². The number of hydrogen-bond acceptors (Lipinski definition) is 2. The lowest BCUT2D eigenvalue weighted by Crippen LogP contribution is -2.27. The number of hydrogen-bond donors (Lipinski definition) is 1. The molecule has 1 aromatic rings. The quantitative estimate of drug-likeness (QED) is 0.817. The second kappa shape index (κ2) is 4.23. The van der Waals surface area contributed by atoms with Crippen molar-refractivity contribution in [3.63, 3.8) is 0 Å². The molecule has 0 aliphatic heterocycles. The molecule has 0 saturated heterocycles. The molecule has 2 N–H and O–H groups in total. The van der Waals surface area contributed by atoms with E-state index in [9.17, 15) is 0 Å². The summed E-state index contributed by atoms with van der Waals surface area (Å²) >= 11 is 0. The van der Waals surface area contributed by atoms with Crippen LogP contribution in [0.4, 0.5) is 5.69 Å². The van der Waals surface area contributed by atoms with Gasteiger partial charge in [-0.3, -0.25) is 0 Å². The second-order valence-corrected chi connectivity index (χ2v) is 4.36. The van der Waals surface area contributed by atoms with Gasteiger partial charge < -0.3 is 10.6 Å². The van der Waals surface area contributed by atoms with Crippen molar-refractivity contribution in [2.75, 3.05) is 11.4 Å². The summed E-state index contributed by atoms with van der Waals surface area (Å²) in [6, 6.07) is 9.39. The maximum absolute atomic E-state index is 6.00. The lowest BCUT2D eigenvalue weighted by molar-refractivity contribution is 0.775. The molecule has 15 heavy (non-hydrogen) atoms. The van der Waals surface area contributed by atoms with Gasteiger partial charge in [0.1, 0.15) is 0 Å². The summed E-state index contributed by atoms with van der Waals surface area (Å²) in [5.41, 5.74) is 8.60. The van der Waals surface area contributed by atoms with Crippen LogP contribution >= 0.6 is 0 Å². The molecule has 0 unspecified atom stereocenters. The summed E-state index contributed by atoms with van der Waals surface area (Å²) in [4.78, 5) is 2.48. The minimum absolute atomic E-state index is 0.119. The van der Waals surface area contributed by atoms with E-state index in [2.05, 4.69) is 43.0 Å². The van der Waals surface area contributed by atoms with Crippen LogP contribution in [0.3, 0.4) is 0 Å². The van der Waals surface area contributed by atoms with Crippen LogP contribution in [0.15, 0.2) is 24.3 Å². The van der Waals surface area contributed by atoms with Crippen molar-refractivity contribution in [1.29, 1.82) is 0 Å². The zero-order chi connectivity index (χ0) is 10.8. The van der Waals surface area contributed by atoms with Crippen LogP contribution < -0.4 is 10.6 Å². The molecule has 1 aromatic carbocycles. The maximum Gasteiger partial charge on any atom is 0.0416 e. The molecule has 1 aliphatic rings. The van der Waals surface area contributed by atoms with Gasteiger partial charge in [0.05, 0.1) is 0 Å². The third-order valence-electron chi connectivity index (χ3n) is 3.07. The van der Waals surface area contributed by atoms with Crippen LogP contribution in [-0.4, -0.2) is 12.6 Å². The fourth-order valence-electron chi connectivity index (χ4n) is 2.15. The Labute approximate surface area is 92.1 Å². The third kappa shape index (κ3) is 2.15. The second-order valence-electron chi connectivity index (χ2n) is 4.36. The molecular formula is C13H20N2. The van der Waals surface area contributed by atoms with E-state index < -0.39 is 0 Å². The highest BCUT2D eigenvalue weighted by Crippen LogP contribution is 2.34. The van der Waals surface area contributed by atoms with E-state index in [1.807, 2.05) is 0 Å². The summed E-state index contributed by atoms with van der Waals surface area (Å²) in [6.45, 7) is 5.35. The van der Waals surface area contributed by atoms with Gasteiger partial charge >= 0.3 is 0 Å². The lowest BCUT2D eigenvalue weighted by atomic mass is 10.1. The number of benzene rings is 1. The van der Waals surface area contributed by atoms with Crippen LogP contribution in [0, 0.1) is 0 Å². The van der Waals surface area contributed by atoms with Crippen LogP contribution in [-0.2, 0) is 0 Å². The minimum atomic E-state index is 0.119. The van der Waals surface area contributed by atoms with Gasteiger partial charge in [0.25, 0.3) is 0 Å². The number of para-hydroxylation sites is 1. The molecule has 2 heteroatoms. The fourth-order valence-corrected chi connectivity index (χ4v) is 2.15. The van der Waals surface area contributed by atoms with E-state index in [4.69, 9.17) is 5.73 Å². The largest absolute Gasteiger partial charge is 0.369 e. The standard InChI is InChI=1S/C13H20N2/c1-3-15(11-8-9-11)13-7-5-4-6-12(13)10(2)14/h4-7,10-11H,3,8-9,14H2,1-2H3/t10-/m0/s1. The van der Waals surface area contributed by atoms with Crippen molar-refractivity contribution in [1.82, 2.24) is 0 Å². The van der Waals surface area contributed by atoms with Gasteiger partial charge in [-0.05, 0) is 38.3 Å². The first kappa shape index (κ1) is 10.5. The summed E-state index contributed by atoms with van der Waals surface area (Å²) in [5.74, 6) is 0. The first-order valence-corrected chi connectivity index (χ1v) is 5.85. The first-order valence-electron chi connectivity index (χ1n) is 5.85. The number of rotatable bonds is 4. The van der Waals surface area contributed by atoms with Gasteiger partial charge in [0.2, 0.25) is 0 Å². The molecule has 82 valence electrons. The zero-order valence-corrected chi connectivity index (χ0v) is 9.61. The molecule has 1 saturated carbocycles. The molecule has 2 nitrogen and oxygen atoms in total. The van der Waals surface area contributed by atoms with Crippen molar-refractivity contribution in [3.05, 3.63) is 29.8 Å². The van der Waals surface area contributed by atoms with E-state index in [0.29, 0.717) is 0 Å². The number of nitrogens with two attached hydrogens (primary N) is 1. The third-order valence-corrected chi connectivity index (χ3v) is 3.07. The number of anilines is 1. The molecule has 0 bridgehead atoms. The Kier molecular flexibility index (Phi) is 2.96. The molecule has 1 atom stereocenters. The molecule has 1 fully saturated rings. The summed E-state index contributed by atoms with van der Waals surface area (Å²) in [6.07, 6.45) is 2.67. The van der Waals surface area contributed by atoms with Gasteiger partial charge in [0, 0.05) is 24.3 Å². The van der Waals surface area contributed by atoms with E-state index in [0.717, 1.165) is 12.6 Å². The molecule has 0 spiro atoms. The van der Waals surface area contributed by atoms with E-state index in [-0.39, 0.29) is 6.04 Å². The highest BCUT2D eigenvalue weighted by Gasteiger charge is 2.29. The Morgan fingerprint density at radius 3 is 2.60 bits per heavy atom. The van der Waals surface area contributed by atoms with E-state index in [1.54, 1.807) is 0 Å². The predicted octanol–water partition coefficient (Wildman–Crippen LogP) is 2.70. The van der Waals surface area contributed by atoms with E-state index >= 15 is 0 Å². The summed E-state index contributed by atoms with van der Waals surface area (Å²) in [7, 11) is 0. The van der Waals surface area contributed by atoms with Crippen LogP contribution in [0.1, 0.15) is 38.3 Å². The van der Waals surface area contributed by atoms with Crippen LogP contribution in [0.25, 0.3) is 0 Å². The average Bonchev–Trinajstić information content (AvgIpc) is 3.04. The Morgan fingerprint density at radius 1 is 1.40 bits per heavy atom. The summed E-state index contributed by atoms with van der Waals surface area (Å²) in [5, 5.41) is 0. The van der Waals surface area contributed by atoms with Crippen molar-refractivity contribution in [3.8, 4) is 0 Å². The Bertz CT molecular complexity index is 329. The van der Waals surface area contributed by atoms with Crippen molar-refractivity contribution < 1.29 is 0 Å². The zero-order valence-electron chi connectivity index (χ0n) is 9.61. The maximum atomic E-state index is 6.00. The Morgan fingerprint density at radius 2 is 2.07 bits per heavy atom. The Hall–Kier alpha value is -1.02. The first-order chi connectivity index (χ1) is 7.24.